The van der Waals surface area contributed by atoms with Crippen molar-refractivity contribution in [1.29, 1.82) is 0 Å². The molecule has 2 amide bonds. The topological polar surface area (TPSA) is 53.1 Å². The van der Waals surface area contributed by atoms with Crippen LogP contribution in [0.3, 0.4) is 0 Å². The molecule has 0 saturated carbocycles. The van der Waals surface area contributed by atoms with Gasteiger partial charge in [-0.15, -0.1) is 0 Å². The lowest BCUT2D eigenvalue weighted by atomic mass is 10.0. The highest BCUT2D eigenvalue weighted by atomic mass is 16.5. The molecule has 1 aromatic rings. The van der Waals surface area contributed by atoms with Crippen LogP contribution in [-0.4, -0.2) is 72.9 Å². The fourth-order valence-electron chi connectivity index (χ4n) is 3.69. The second kappa shape index (κ2) is 8.13. The number of rotatable bonds is 6. The van der Waals surface area contributed by atoms with Crippen molar-refractivity contribution in [3.05, 3.63) is 35.5 Å². The van der Waals surface area contributed by atoms with Crippen LogP contribution < -0.4 is 4.74 Å². The number of likely N-dealkylation sites (N-methyl/N-ethyl adjacent to an activating group) is 1. The summed E-state index contributed by atoms with van der Waals surface area (Å²) in [5.74, 6) is 0.607. The number of hydrogen-bond donors (Lipinski definition) is 0. The molecule has 0 aromatic heterocycles. The van der Waals surface area contributed by atoms with E-state index in [-0.39, 0.29) is 17.7 Å². The summed E-state index contributed by atoms with van der Waals surface area (Å²) >= 11 is 0. The zero-order valence-electron chi connectivity index (χ0n) is 16.7. The summed E-state index contributed by atoms with van der Waals surface area (Å²) in [5, 5.41) is 0. The molecule has 1 aromatic carbocycles. The van der Waals surface area contributed by atoms with Crippen molar-refractivity contribution in [2.75, 3.05) is 46.4 Å². The van der Waals surface area contributed by atoms with E-state index in [4.69, 9.17) is 4.74 Å². The van der Waals surface area contributed by atoms with Gasteiger partial charge in [0.05, 0.1) is 12.7 Å². The minimum absolute atomic E-state index is 0.163. The van der Waals surface area contributed by atoms with Crippen molar-refractivity contribution in [3.63, 3.8) is 0 Å². The molecule has 27 heavy (non-hydrogen) atoms. The van der Waals surface area contributed by atoms with Gasteiger partial charge in [0, 0.05) is 32.7 Å². The van der Waals surface area contributed by atoms with Gasteiger partial charge in [0.1, 0.15) is 11.4 Å². The second-order valence-corrected chi connectivity index (χ2v) is 7.49. The highest BCUT2D eigenvalue weighted by Gasteiger charge is 2.42. The first kappa shape index (κ1) is 19.4. The summed E-state index contributed by atoms with van der Waals surface area (Å²) in [6.07, 6.45) is 0. The SMILES string of the molecule is CCN1CCN(C2=C(c3ccc(OC)cc3)C(=O)N(CC(C)C)C2=O)CC1. The summed E-state index contributed by atoms with van der Waals surface area (Å²) in [6, 6.07) is 7.39. The average molecular weight is 371 g/mol. The van der Waals surface area contributed by atoms with Crippen LogP contribution in [0.15, 0.2) is 30.0 Å². The molecule has 2 aliphatic rings. The highest BCUT2D eigenvalue weighted by Crippen LogP contribution is 2.33. The highest BCUT2D eigenvalue weighted by molar-refractivity contribution is 6.35. The van der Waals surface area contributed by atoms with Crippen LogP contribution in [0.4, 0.5) is 0 Å². The molecule has 6 heteroatoms. The minimum Gasteiger partial charge on any atom is -0.497 e. The molecular formula is C21H29N3O3. The summed E-state index contributed by atoms with van der Waals surface area (Å²) in [6.45, 7) is 11.0. The largest absolute Gasteiger partial charge is 0.497 e. The van der Waals surface area contributed by atoms with E-state index >= 15 is 0 Å². The number of imide groups is 1. The summed E-state index contributed by atoms with van der Waals surface area (Å²) in [7, 11) is 1.61. The third-order valence-electron chi connectivity index (χ3n) is 5.21. The van der Waals surface area contributed by atoms with Gasteiger partial charge in [0.2, 0.25) is 0 Å². The first-order valence-corrected chi connectivity index (χ1v) is 9.68. The molecule has 0 unspecified atom stereocenters. The fourth-order valence-corrected chi connectivity index (χ4v) is 3.69. The number of hydrogen-bond acceptors (Lipinski definition) is 5. The number of benzene rings is 1. The van der Waals surface area contributed by atoms with Gasteiger partial charge in [0.15, 0.2) is 0 Å². The van der Waals surface area contributed by atoms with Gasteiger partial charge in [0.25, 0.3) is 11.8 Å². The number of carbonyl (C=O) groups is 2. The van der Waals surface area contributed by atoms with Crippen LogP contribution in [0.2, 0.25) is 0 Å². The van der Waals surface area contributed by atoms with Crippen molar-refractivity contribution in [3.8, 4) is 5.75 Å². The number of carbonyl (C=O) groups excluding carboxylic acids is 2. The monoisotopic (exact) mass is 371 g/mol. The molecule has 6 nitrogen and oxygen atoms in total. The van der Waals surface area contributed by atoms with Crippen LogP contribution in [0.1, 0.15) is 26.3 Å². The van der Waals surface area contributed by atoms with E-state index < -0.39 is 0 Å². The van der Waals surface area contributed by atoms with Gasteiger partial charge >= 0.3 is 0 Å². The first-order chi connectivity index (χ1) is 13.0. The Bertz CT molecular complexity index is 732. The van der Waals surface area contributed by atoms with Gasteiger partial charge < -0.3 is 14.5 Å². The van der Waals surface area contributed by atoms with Gasteiger partial charge in [-0.3, -0.25) is 14.5 Å². The van der Waals surface area contributed by atoms with Crippen LogP contribution in [0, 0.1) is 5.92 Å². The van der Waals surface area contributed by atoms with E-state index in [0.29, 0.717) is 17.8 Å². The zero-order valence-corrected chi connectivity index (χ0v) is 16.7. The standard InChI is InChI=1S/C21H29N3O3/c1-5-22-10-12-23(13-11-22)19-18(16-6-8-17(27-4)9-7-16)20(25)24(21(19)26)14-15(2)3/h6-9,15H,5,10-14H2,1-4H3. The molecule has 0 N–H and O–H groups in total. The molecule has 1 saturated heterocycles. The van der Waals surface area contributed by atoms with Crippen LogP contribution in [-0.2, 0) is 9.59 Å². The quantitative estimate of drug-likeness (QED) is 0.717. The lowest BCUT2D eigenvalue weighted by molar-refractivity contribution is -0.138. The summed E-state index contributed by atoms with van der Waals surface area (Å²) in [5.41, 5.74) is 1.85. The Kier molecular flexibility index (Phi) is 5.85. The van der Waals surface area contributed by atoms with E-state index in [1.807, 2.05) is 38.1 Å². The molecule has 0 spiro atoms. The smallest absolute Gasteiger partial charge is 0.277 e. The van der Waals surface area contributed by atoms with Crippen molar-refractivity contribution in [2.45, 2.75) is 20.8 Å². The molecule has 3 rings (SSSR count). The third-order valence-corrected chi connectivity index (χ3v) is 5.21. The Morgan fingerprint density at radius 1 is 1.00 bits per heavy atom. The maximum Gasteiger partial charge on any atom is 0.277 e. The molecule has 2 heterocycles. The van der Waals surface area contributed by atoms with Gasteiger partial charge in [-0.05, 0) is 30.2 Å². The van der Waals surface area contributed by atoms with Gasteiger partial charge in [-0.25, -0.2) is 0 Å². The fraction of sp³-hybridized carbons (Fsp3) is 0.524. The predicted octanol–water partition coefficient (Wildman–Crippen LogP) is 2.07. The molecular weight excluding hydrogens is 342 g/mol. The van der Waals surface area contributed by atoms with Crippen molar-refractivity contribution >= 4 is 17.4 Å². The molecule has 1 fully saturated rings. The lowest BCUT2D eigenvalue weighted by Crippen LogP contribution is -2.47. The number of piperazine rings is 1. The van der Waals surface area contributed by atoms with E-state index in [2.05, 4.69) is 16.7 Å². The Balaban J connectivity index is 1.98. The van der Waals surface area contributed by atoms with E-state index in [1.165, 1.54) is 4.90 Å². The number of ether oxygens (including phenoxy) is 1. The van der Waals surface area contributed by atoms with Crippen LogP contribution in [0.25, 0.3) is 5.57 Å². The first-order valence-electron chi connectivity index (χ1n) is 9.68. The normalized spacial score (nSPS) is 18.9. The van der Waals surface area contributed by atoms with E-state index in [9.17, 15) is 9.59 Å². The van der Waals surface area contributed by atoms with Crippen molar-refractivity contribution in [2.24, 2.45) is 5.92 Å². The minimum atomic E-state index is -0.188. The summed E-state index contributed by atoms with van der Waals surface area (Å²) < 4.78 is 5.23. The third kappa shape index (κ3) is 3.86. The maximum absolute atomic E-state index is 13.2. The lowest BCUT2D eigenvalue weighted by Gasteiger charge is -2.36. The number of methoxy groups -OCH3 is 1. The molecule has 0 aliphatic carbocycles. The zero-order chi connectivity index (χ0) is 19.6. The maximum atomic E-state index is 13.2. The summed E-state index contributed by atoms with van der Waals surface area (Å²) in [4.78, 5) is 32.2. The average Bonchev–Trinajstić information content (AvgIpc) is 2.92. The van der Waals surface area contributed by atoms with Crippen LogP contribution in [0.5, 0.6) is 5.75 Å². The van der Waals surface area contributed by atoms with Gasteiger partial charge in [-0.1, -0.05) is 32.9 Å². The molecule has 2 aliphatic heterocycles. The van der Waals surface area contributed by atoms with Crippen molar-refractivity contribution < 1.29 is 14.3 Å². The Labute approximate surface area is 161 Å². The Morgan fingerprint density at radius 3 is 2.15 bits per heavy atom. The number of nitrogens with zero attached hydrogens (tertiary/aromatic N) is 3. The molecule has 0 bridgehead atoms. The Morgan fingerprint density at radius 2 is 1.63 bits per heavy atom. The van der Waals surface area contributed by atoms with E-state index in [0.717, 1.165) is 44.0 Å². The molecule has 146 valence electrons. The van der Waals surface area contributed by atoms with Gasteiger partial charge in [-0.2, -0.15) is 0 Å². The Hall–Kier alpha value is -2.34. The van der Waals surface area contributed by atoms with E-state index in [1.54, 1.807) is 7.11 Å². The molecule has 0 radical (unpaired) electrons. The van der Waals surface area contributed by atoms with Crippen LogP contribution >= 0.6 is 0 Å². The number of amides is 2. The predicted molar refractivity (Wildman–Crippen MR) is 105 cm³/mol. The molecule has 0 atom stereocenters. The van der Waals surface area contributed by atoms with Crippen molar-refractivity contribution in [1.82, 2.24) is 14.7 Å². The second-order valence-electron chi connectivity index (χ2n) is 7.49.